The molecule has 0 spiro atoms. The van der Waals surface area contributed by atoms with E-state index in [4.69, 9.17) is 19.2 Å². The van der Waals surface area contributed by atoms with E-state index in [1.54, 1.807) is 14.2 Å². The molecule has 2 N–H and O–H groups in total. The summed E-state index contributed by atoms with van der Waals surface area (Å²) in [4.78, 5) is 4.71. The second kappa shape index (κ2) is 12.8. The molecule has 0 aromatic heterocycles. The summed E-state index contributed by atoms with van der Waals surface area (Å²) in [6.07, 6.45) is 4.15. The highest BCUT2D eigenvalue weighted by molar-refractivity contribution is 14.0. The summed E-state index contributed by atoms with van der Waals surface area (Å²) in [5, 5.41) is 6.77. The number of methoxy groups -OCH3 is 2. The van der Waals surface area contributed by atoms with Crippen molar-refractivity contribution in [2.45, 2.75) is 32.7 Å². The van der Waals surface area contributed by atoms with Gasteiger partial charge in [-0.05, 0) is 44.9 Å². The highest BCUT2D eigenvalue weighted by Crippen LogP contribution is 2.29. The van der Waals surface area contributed by atoms with Crippen molar-refractivity contribution in [2.24, 2.45) is 4.99 Å². The first-order chi connectivity index (χ1) is 12.7. The third-order valence-corrected chi connectivity index (χ3v) is 4.36. The van der Waals surface area contributed by atoms with Crippen LogP contribution in [0.5, 0.6) is 11.5 Å². The molecule has 1 atom stereocenters. The third-order valence-electron chi connectivity index (χ3n) is 4.36. The van der Waals surface area contributed by atoms with Gasteiger partial charge in [0.1, 0.15) is 11.5 Å². The van der Waals surface area contributed by atoms with Crippen LogP contribution in [0.4, 0.5) is 0 Å². The minimum absolute atomic E-state index is 0. The highest BCUT2D eigenvalue weighted by atomic mass is 127. The van der Waals surface area contributed by atoms with Gasteiger partial charge in [0.15, 0.2) is 5.96 Å². The van der Waals surface area contributed by atoms with E-state index < -0.39 is 0 Å². The van der Waals surface area contributed by atoms with Crippen LogP contribution in [0.25, 0.3) is 0 Å². The van der Waals surface area contributed by atoms with Crippen molar-refractivity contribution in [3.8, 4) is 11.5 Å². The van der Waals surface area contributed by atoms with E-state index in [1.165, 1.54) is 5.57 Å². The van der Waals surface area contributed by atoms with Gasteiger partial charge in [0.2, 0.25) is 0 Å². The maximum absolute atomic E-state index is 5.49. The van der Waals surface area contributed by atoms with Crippen LogP contribution >= 0.6 is 24.0 Å². The number of halogens is 1. The number of nitrogens with one attached hydrogen (secondary N) is 2. The zero-order valence-corrected chi connectivity index (χ0v) is 19.0. The van der Waals surface area contributed by atoms with Gasteiger partial charge in [-0.3, -0.25) is 4.99 Å². The molecule has 0 saturated heterocycles. The highest BCUT2D eigenvalue weighted by Gasteiger charge is 2.14. The average Bonchev–Trinajstić information content (AvgIpc) is 2.68. The molecule has 0 bridgehead atoms. The molecule has 0 fully saturated rings. The molecular weight excluding hydrogens is 457 g/mol. The summed E-state index contributed by atoms with van der Waals surface area (Å²) in [5.74, 6) is 2.44. The SMILES string of the molecule is CCNC(=NCCC1=CCOCC1)NC(C)c1cc(OC)ccc1OC.I. The summed E-state index contributed by atoms with van der Waals surface area (Å²) in [6, 6.07) is 5.84. The number of hydrogen-bond acceptors (Lipinski definition) is 4. The Hall–Kier alpha value is -1.48. The molecule has 7 heteroatoms. The van der Waals surface area contributed by atoms with E-state index in [0.717, 1.165) is 62.2 Å². The standard InChI is InChI=1S/C20H31N3O3.HI/c1-5-21-20(22-11-8-16-9-12-26-13-10-16)23-15(2)18-14-17(24-3)6-7-19(18)25-4;/h6-7,9,14-15H,5,8,10-13H2,1-4H3,(H2,21,22,23);1H. The molecule has 2 rings (SSSR count). The summed E-state index contributed by atoms with van der Waals surface area (Å²) in [6.45, 7) is 7.26. The fourth-order valence-electron chi connectivity index (χ4n) is 2.88. The smallest absolute Gasteiger partial charge is 0.191 e. The molecule has 1 aliphatic rings. The minimum Gasteiger partial charge on any atom is -0.497 e. The van der Waals surface area contributed by atoms with Crippen LogP contribution in [0, 0.1) is 0 Å². The van der Waals surface area contributed by atoms with Gasteiger partial charge in [0, 0.05) is 18.7 Å². The molecular formula is C20H32IN3O3. The van der Waals surface area contributed by atoms with Crippen LogP contribution in [-0.2, 0) is 4.74 Å². The first kappa shape index (κ1) is 23.6. The number of nitrogens with zero attached hydrogens (tertiary/aromatic N) is 1. The fraction of sp³-hybridized carbons (Fsp3) is 0.550. The van der Waals surface area contributed by atoms with Gasteiger partial charge in [-0.25, -0.2) is 0 Å². The Bertz CT molecular complexity index is 635. The zero-order valence-electron chi connectivity index (χ0n) is 16.7. The quantitative estimate of drug-likeness (QED) is 0.253. The predicted octanol–water partition coefficient (Wildman–Crippen LogP) is 3.67. The van der Waals surface area contributed by atoms with Crippen LogP contribution < -0.4 is 20.1 Å². The maximum Gasteiger partial charge on any atom is 0.191 e. The average molecular weight is 489 g/mol. The van der Waals surface area contributed by atoms with Crippen LogP contribution in [0.3, 0.4) is 0 Å². The Balaban J connectivity index is 0.00000364. The number of ether oxygens (including phenoxy) is 3. The lowest BCUT2D eigenvalue weighted by molar-refractivity contribution is 0.153. The zero-order chi connectivity index (χ0) is 18.8. The molecule has 0 saturated carbocycles. The number of hydrogen-bond donors (Lipinski definition) is 2. The third kappa shape index (κ3) is 7.57. The largest absolute Gasteiger partial charge is 0.497 e. The van der Waals surface area contributed by atoms with Crippen molar-refractivity contribution in [1.29, 1.82) is 0 Å². The van der Waals surface area contributed by atoms with Crippen molar-refractivity contribution in [3.63, 3.8) is 0 Å². The van der Waals surface area contributed by atoms with Gasteiger partial charge in [-0.2, -0.15) is 0 Å². The molecule has 0 radical (unpaired) electrons. The van der Waals surface area contributed by atoms with Crippen LogP contribution in [0.1, 0.15) is 38.3 Å². The minimum atomic E-state index is 0. The summed E-state index contributed by atoms with van der Waals surface area (Å²) in [5.41, 5.74) is 2.46. The first-order valence-electron chi connectivity index (χ1n) is 9.20. The molecule has 1 aliphatic heterocycles. The normalized spacial score (nSPS) is 15.3. The van der Waals surface area contributed by atoms with Gasteiger partial charge in [0.25, 0.3) is 0 Å². The Morgan fingerprint density at radius 2 is 2.11 bits per heavy atom. The molecule has 1 aromatic rings. The summed E-state index contributed by atoms with van der Waals surface area (Å²) >= 11 is 0. The van der Waals surface area contributed by atoms with Gasteiger partial charge in [-0.15, -0.1) is 24.0 Å². The van der Waals surface area contributed by atoms with Crippen molar-refractivity contribution >= 4 is 29.9 Å². The number of aliphatic imine (C=N–C) groups is 1. The van der Waals surface area contributed by atoms with E-state index in [-0.39, 0.29) is 30.0 Å². The summed E-state index contributed by atoms with van der Waals surface area (Å²) < 4.78 is 16.2. The topological polar surface area (TPSA) is 64.1 Å². The van der Waals surface area contributed by atoms with Crippen LogP contribution in [0.2, 0.25) is 0 Å². The van der Waals surface area contributed by atoms with Gasteiger partial charge < -0.3 is 24.8 Å². The Morgan fingerprint density at radius 1 is 1.30 bits per heavy atom. The van der Waals surface area contributed by atoms with Gasteiger partial charge >= 0.3 is 0 Å². The monoisotopic (exact) mass is 489 g/mol. The van der Waals surface area contributed by atoms with Crippen molar-refractivity contribution in [1.82, 2.24) is 10.6 Å². The van der Waals surface area contributed by atoms with E-state index in [0.29, 0.717) is 0 Å². The molecule has 27 heavy (non-hydrogen) atoms. The second-order valence-electron chi connectivity index (χ2n) is 6.17. The van der Waals surface area contributed by atoms with Gasteiger partial charge in [-0.1, -0.05) is 11.6 Å². The summed E-state index contributed by atoms with van der Waals surface area (Å²) in [7, 11) is 3.35. The predicted molar refractivity (Wildman–Crippen MR) is 121 cm³/mol. The molecule has 1 aromatic carbocycles. The van der Waals surface area contributed by atoms with E-state index >= 15 is 0 Å². The second-order valence-corrected chi connectivity index (χ2v) is 6.17. The lowest BCUT2D eigenvalue weighted by atomic mass is 10.1. The Labute approximate surface area is 179 Å². The van der Waals surface area contributed by atoms with E-state index in [1.807, 2.05) is 18.2 Å². The lowest BCUT2D eigenvalue weighted by Crippen LogP contribution is -2.39. The van der Waals surface area contributed by atoms with Crippen molar-refractivity contribution in [3.05, 3.63) is 35.4 Å². The number of benzene rings is 1. The molecule has 1 heterocycles. The number of guanidine groups is 1. The fourth-order valence-corrected chi connectivity index (χ4v) is 2.88. The van der Waals surface area contributed by atoms with E-state index in [9.17, 15) is 0 Å². The Kier molecular flexibility index (Phi) is 11.2. The van der Waals surface area contributed by atoms with Crippen molar-refractivity contribution < 1.29 is 14.2 Å². The van der Waals surface area contributed by atoms with Gasteiger partial charge in [0.05, 0.1) is 33.5 Å². The van der Waals surface area contributed by atoms with Crippen LogP contribution in [-0.4, -0.2) is 46.5 Å². The molecule has 1 unspecified atom stereocenters. The van der Waals surface area contributed by atoms with Crippen LogP contribution in [0.15, 0.2) is 34.8 Å². The van der Waals surface area contributed by atoms with E-state index in [2.05, 4.69) is 30.6 Å². The maximum atomic E-state index is 5.49. The molecule has 152 valence electrons. The molecule has 0 aliphatic carbocycles. The first-order valence-corrected chi connectivity index (χ1v) is 9.20. The Morgan fingerprint density at radius 3 is 2.74 bits per heavy atom. The lowest BCUT2D eigenvalue weighted by Gasteiger charge is -2.21. The molecule has 0 amide bonds. The number of rotatable bonds is 8. The van der Waals surface area contributed by atoms with Crippen molar-refractivity contribution in [2.75, 3.05) is 40.5 Å². The molecule has 6 nitrogen and oxygen atoms in total.